The molecule has 0 aliphatic heterocycles. The fourth-order valence-electron chi connectivity index (χ4n) is 4.04. The summed E-state index contributed by atoms with van der Waals surface area (Å²) in [5.74, 6) is 0.908. The molecule has 5 heteroatoms. The second kappa shape index (κ2) is 12.8. The van der Waals surface area contributed by atoms with Crippen molar-refractivity contribution < 1.29 is 9.59 Å². The maximum absolute atomic E-state index is 13.7. The minimum atomic E-state index is -0.611. The van der Waals surface area contributed by atoms with Gasteiger partial charge in [0.05, 0.1) is 5.75 Å². The highest BCUT2D eigenvalue weighted by molar-refractivity contribution is 7.99. The standard InChI is InChI=1S/C31H38N2O2S/c1-23-14-16-26(17-15-23)20-33(29(34)22-36-21-27-13-9-10-24(2)18-27)28(30(35)32-31(3,4)5)19-25-11-7-6-8-12-25/h6-18,28H,19-22H2,1-5H3,(H,32,35). The largest absolute Gasteiger partial charge is 0.350 e. The van der Waals surface area contributed by atoms with Crippen LogP contribution in [0.3, 0.4) is 0 Å². The van der Waals surface area contributed by atoms with Crippen molar-refractivity contribution in [1.29, 1.82) is 0 Å². The fourth-order valence-corrected chi connectivity index (χ4v) is 4.90. The molecule has 0 fully saturated rings. The maximum atomic E-state index is 13.7. The van der Waals surface area contributed by atoms with Crippen molar-refractivity contribution in [2.24, 2.45) is 0 Å². The van der Waals surface area contributed by atoms with Crippen LogP contribution in [0.2, 0.25) is 0 Å². The summed E-state index contributed by atoms with van der Waals surface area (Å²) in [5, 5.41) is 3.12. The fraction of sp³-hybridized carbons (Fsp3) is 0.355. The summed E-state index contributed by atoms with van der Waals surface area (Å²) < 4.78 is 0. The van der Waals surface area contributed by atoms with Gasteiger partial charge in [0, 0.05) is 24.3 Å². The van der Waals surface area contributed by atoms with E-state index in [1.165, 1.54) is 11.1 Å². The molecular weight excluding hydrogens is 464 g/mol. The van der Waals surface area contributed by atoms with Crippen molar-refractivity contribution in [1.82, 2.24) is 10.2 Å². The monoisotopic (exact) mass is 502 g/mol. The molecule has 3 rings (SSSR count). The van der Waals surface area contributed by atoms with Crippen molar-refractivity contribution in [3.8, 4) is 0 Å². The number of carbonyl (C=O) groups is 2. The van der Waals surface area contributed by atoms with Crippen LogP contribution in [0.15, 0.2) is 78.9 Å². The van der Waals surface area contributed by atoms with E-state index in [1.807, 2.05) is 88.4 Å². The number of amides is 2. The molecule has 0 spiro atoms. The number of hydrogen-bond donors (Lipinski definition) is 1. The van der Waals surface area contributed by atoms with Gasteiger partial charge in [-0.15, -0.1) is 11.8 Å². The lowest BCUT2D eigenvalue weighted by atomic mass is 10.0. The summed E-state index contributed by atoms with van der Waals surface area (Å²) in [5.41, 5.74) is 5.22. The lowest BCUT2D eigenvalue weighted by Gasteiger charge is -2.34. The highest BCUT2D eigenvalue weighted by Crippen LogP contribution is 2.20. The van der Waals surface area contributed by atoms with Gasteiger partial charge in [-0.1, -0.05) is 90.0 Å². The van der Waals surface area contributed by atoms with Gasteiger partial charge in [-0.05, 0) is 51.3 Å². The molecule has 0 saturated heterocycles. The zero-order valence-electron chi connectivity index (χ0n) is 22.1. The Kier molecular flexibility index (Phi) is 9.77. The molecule has 0 aromatic heterocycles. The van der Waals surface area contributed by atoms with E-state index >= 15 is 0 Å². The van der Waals surface area contributed by atoms with Gasteiger partial charge in [-0.3, -0.25) is 9.59 Å². The van der Waals surface area contributed by atoms with Crippen molar-refractivity contribution in [3.05, 3.63) is 107 Å². The van der Waals surface area contributed by atoms with Crippen molar-refractivity contribution in [2.75, 3.05) is 5.75 Å². The molecule has 0 saturated carbocycles. The van der Waals surface area contributed by atoms with Gasteiger partial charge in [0.15, 0.2) is 0 Å². The molecule has 190 valence electrons. The number of carbonyl (C=O) groups excluding carboxylic acids is 2. The number of thioether (sulfide) groups is 1. The summed E-state index contributed by atoms with van der Waals surface area (Å²) >= 11 is 1.59. The van der Waals surface area contributed by atoms with E-state index in [0.717, 1.165) is 22.4 Å². The Labute approximate surface area is 220 Å². The number of benzene rings is 3. The van der Waals surface area contributed by atoms with Gasteiger partial charge in [-0.2, -0.15) is 0 Å². The minimum absolute atomic E-state index is 0.0294. The van der Waals surface area contributed by atoms with E-state index in [2.05, 4.69) is 30.4 Å². The van der Waals surface area contributed by atoms with E-state index in [1.54, 1.807) is 16.7 Å². The molecular formula is C31H38N2O2S. The SMILES string of the molecule is Cc1ccc(CN(C(=O)CSCc2cccc(C)c2)C(Cc2ccccc2)C(=O)NC(C)(C)C)cc1. The molecule has 36 heavy (non-hydrogen) atoms. The Morgan fingerprint density at radius 3 is 2.14 bits per heavy atom. The summed E-state index contributed by atoms with van der Waals surface area (Å²) in [6, 6.07) is 25.8. The smallest absolute Gasteiger partial charge is 0.243 e. The zero-order valence-corrected chi connectivity index (χ0v) is 22.9. The van der Waals surface area contributed by atoms with Crippen molar-refractivity contribution >= 4 is 23.6 Å². The quantitative estimate of drug-likeness (QED) is 0.365. The van der Waals surface area contributed by atoms with Gasteiger partial charge in [0.25, 0.3) is 0 Å². The predicted octanol–water partition coefficient (Wildman–Crippen LogP) is 6.09. The summed E-state index contributed by atoms with van der Waals surface area (Å²) in [4.78, 5) is 29.0. The van der Waals surface area contributed by atoms with Gasteiger partial charge >= 0.3 is 0 Å². The van der Waals surface area contributed by atoms with E-state index in [0.29, 0.717) is 18.7 Å². The lowest BCUT2D eigenvalue weighted by molar-refractivity contribution is -0.140. The first-order valence-electron chi connectivity index (χ1n) is 12.4. The molecule has 1 unspecified atom stereocenters. The van der Waals surface area contributed by atoms with E-state index in [-0.39, 0.29) is 11.8 Å². The van der Waals surface area contributed by atoms with E-state index in [9.17, 15) is 9.59 Å². The van der Waals surface area contributed by atoms with Crippen LogP contribution in [-0.4, -0.2) is 34.0 Å². The van der Waals surface area contributed by atoms with Gasteiger partial charge in [0.2, 0.25) is 11.8 Å². The zero-order chi connectivity index (χ0) is 26.1. The molecule has 0 heterocycles. The molecule has 3 aromatic rings. The van der Waals surface area contributed by atoms with Crippen LogP contribution in [0.5, 0.6) is 0 Å². The van der Waals surface area contributed by atoms with Crippen LogP contribution in [0, 0.1) is 13.8 Å². The van der Waals surface area contributed by atoms with Gasteiger partial charge in [-0.25, -0.2) is 0 Å². The Hall–Kier alpha value is -3.05. The first kappa shape index (κ1) is 27.5. The second-order valence-corrected chi connectivity index (χ2v) is 11.4. The highest BCUT2D eigenvalue weighted by Gasteiger charge is 2.32. The van der Waals surface area contributed by atoms with E-state index in [4.69, 9.17) is 0 Å². The third-order valence-electron chi connectivity index (χ3n) is 5.82. The average molecular weight is 503 g/mol. The average Bonchev–Trinajstić information content (AvgIpc) is 2.82. The minimum Gasteiger partial charge on any atom is -0.350 e. The molecule has 0 aliphatic carbocycles. The van der Waals surface area contributed by atoms with Crippen LogP contribution in [0.25, 0.3) is 0 Å². The second-order valence-electron chi connectivity index (χ2n) is 10.4. The third kappa shape index (κ3) is 8.87. The number of aryl methyl sites for hydroxylation is 2. The van der Waals surface area contributed by atoms with Crippen molar-refractivity contribution in [2.45, 2.75) is 64.9 Å². The molecule has 2 amide bonds. The van der Waals surface area contributed by atoms with Crippen LogP contribution in [-0.2, 0) is 28.3 Å². The Bertz CT molecular complexity index is 1140. The molecule has 0 aliphatic rings. The van der Waals surface area contributed by atoms with E-state index < -0.39 is 11.6 Å². The van der Waals surface area contributed by atoms with Crippen LogP contribution < -0.4 is 5.32 Å². The topological polar surface area (TPSA) is 49.4 Å². The number of nitrogens with zero attached hydrogens (tertiary/aromatic N) is 1. The molecule has 0 radical (unpaired) electrons. The Morgan fingerprint density at radius 1 is 0.833 bits per heavy atom. The third-order valence-corrected chi connectivity index (χ3v) is 6.81. The van der Waals surface area contributed by atoms with Crippen LogP contribution in [0.4, 0.5) is 0 Å². The lowest BCUT2D eigenvalue weighted by Crippen LogP contribution is -2.54. The molecule has 1 atom stereocenters. The summed E-state index contributed by atoms with van der Waals surface area (Å²) in [6.45, 7) is 10.4. The van der Waals surface area contributed by atoms with Gasteiger partial charge < -0.3 is 10.2 Å². The van der Waals surface area contributed by atoms with Crippen LogP contribution in [0.1, 0.15) is 48.6 Å². The number of rotatable bonds is 10. The number of hydrogen-bond acceptors (Lipinski definition) is 3. The first-order valence-corrected chi connectivity index (χ1v) is 13.6. The predicted molar refractivity (Wildman–Crippen MR) is 151 cm³/mol. The summed E-state index contributed by atoms with van der Waals surface area (Å²) in [6.07, 6.45) is 0.461. The Morgan fingerprint density at radius 2 is 1.50 bits per heavy atom. The van der Waals surface area contributed by atoms with Crippen LogP contribution >= 0.6 is 11.8 Å². The molecule has 0 bridgehead atoms. The maximum Gasteiger partial charge on any atom is 0.243 e. The molecule has 3 aromatic carbocycles. The Balaban J connectivity index is 1.86. The molecule has 4 nitrogen and oxygen atoms in total. The first-order chi connectivity index (χ1) is 17.1. The van der Waals surface area contributed by atoms with Gasteiger partial charge in [0.1, 0.15) is 6.04 Å². The normalized spacial score (nSPS) is 12.1. The summed E-state index contributed by atoms with van der Waals surface area (Å²) in [7, 11) is 0. The highest BCUT2D eigenvalue weighted by atomic mass is 32.2. The number of nitrogens with one attached hydrogen (secondary N) is 1. The molecule has 1 N–H and O–H groups in total. The van der Waals surface area contributed by atoms with Crippen molar-refractivity contribution in [3.63, 3.8) is 0 Å².